The van der Waals surface area contributed by atoms with Crippen LogP contribution in [-0.2, 0) is 15.6 Å². The van der Waals surface area contributed by atoms with Gasteiger partial charge in [0.25, 0.3) is 5.91 Å². The second kappa shape index (κ2) is 12.2. The maximum Gasteiger partial charge on any atom is 0.438 e. The molecule has 3 heterocycles. The van der Waals surface area contributed by atoms with Crippen LogP contribution in [0.25, 0.3) is 21.5 Å². The zero-order valence-electron chi connectivity index (χ0n) is 31.9. The number of rotatable bonds is 2. The van der Waals surface area contributed by atoms with Crippen LogP contribution in [0.5, 0.6) is 0 Å². The highest BCUT2D eigenvalue weighted by molar-refractivity contribution is 6.30. The van der Waals surface area contributed by atoms with E-state index in [1.54, 1.807) is 0 Å². The molecule has 7 nitrogen and oxygen atoms in total. The first-order valence-corrected chi connectivity index (χ1v) is 18.5. The van der Waals surface area contributed by atoms with Gasteiger partial charge in [0.1, 0.15) is 0 Å². The number of hydrogen-bond donors (Lipinski definition) is 0. The Labute approximate surface area is 311 Å². The Morgan fingerprint density at radius 3 is 1.49 bits per heavy atom. The highest BCUT2D eigenvalue weighted by Crippen LogP contribution is 2.52. The number of amides is 4. The molecule has 0 unspecified atom stereocenters. The summed E-state index contributed by atoms with van der Waals surface area (Å²) in [7, 11) is 7.22. The highest BCUT2D eigenvalue weighted by atomic mass is 16.2. The van der Waals surface area contributed by atoms with Gasteiger partial charge in [0.2, 0.25) is 0 Å². The van der Waals surface area contributed by atoms with Crippen molar-refractivity contribution in [3.63, 3.8) is 0 Å². The highest BCUT2D eigenvalue weighted by Gasteiger charge is 2.46. The smallest absolute Gasteiger partial charge is 0.347 e. The predicted octanol–water partition coefficient (Wildman–Crippen LogP) is 9.28. The van der Waals surface area contributed by atoms with Crippen molar-refractivity contribution in [1.82, 2.24) is 9.80 Å². The summed E-state index contributed by atoms with van der Waals surface area (Å²) in [5, 5.41) is 4.92. The summed E-state index contributed by atoms with van der Waals surface area (Å²) in [5.41, 5.74) is 9.44. The van der Waals surface area contributed by atoms with E-state index in [9.17, 15) is 14.4 Å². The standard InChI is InChI=1S/C46H46N4O3/c1-45(2)36(47(5)34-24-20-28-14-9-11-18-32(28)40(34)45)26-22-30-16-13-17-31(38(30)39-42(51)49(7)44(53)50(8)43(39)52)23-27-37-46(3,4)41-33-19-12-10-15-29(33)21-25-35(41)48(37)6/h9-12,14-15,18-27H,13,16-17H2,1-8H3/p+1/b30-22+,31-23+,36-26-,37-27+. The summed E-state index contributed by atoms with van der Waals surface area (Å²) in [6.45, 7) is 9.07. The van der Waals surface area contributed by atoms with E-state index in [2.05, 4.69) is 149 Å². The predicted molar refractivity (Wildman–Crippen MR) is 217 cm³/mol. The zero-order chi connectivity index (χ0) is 37.6. The second-order valence-corrected chi connectivity index (χ2v) is 15.9. The number of fused-ring (bicyclic) bond motifs is 6. The number of carbonyl (C=O) groups is 2. The average Bonchev–Trinajstić information content (AvgIpc) is 3.48. The number of nitrogens with zero attached hydrogens (tertiary/aromatic N) is 4. The van der Waals surface area contributed by atoms with Crippen molar-refractivity contribution in [3.05, 3.63) is 142 Å². The van der Waals surface area contributed by atoms with Crippen molar-refractivity contribution < 1.29 is 14.4 Å². The van der Waals surface area contributed by atoms with Gasteiger partial charge in [0.05, 0.1) is 0 Å². The van der Waals surface area contributed by atoms with Gasteiger partial charge in [0.15, 0.2) is 5.57 Å². The second-order valence-electron chi connectivity index (χ2n) is 15.9. The van der Waals surface area contributed by atoms with Crippen LogP contribution in [0.4, 0.5) is 16.2 Å². The molecular formula is C46H47N4O3+. The molecule has 7 heteroatoms. The molecule has 1 N–H and O–H groups in total. The van der Waals surface area contributed by atoms with E-state index < -0.39 is 11.9 Å². The van der Waals surface area contributed by atoms with E-state index in [1.807, 2.05) is 0 Å². The fraction of sp³-hybridized carbons (Fsp3) is 0.283. The first kappa shape index (κ1) is 34.4. The van der Waals surface area contributed by atoms with Gasteiger partial charge in [0, 0.05) is 67.4 Å². The van der Waals surface area contributed by atoms with Gasteiger partial charge in [-0.1, -0.05) is 101 Å². The Hall–Kier alpha value is -5.69. The van der Waals surface area contributed by atoms with E-state index in [0.717, 1.165) is 51.6 Å². The Morgan fingerprint density at radius 2 is 1.02 bits per heavy atom. The number of allylic oxidation sites excluding steroid dienone is 9. The van der Waals surface area contributed by atoms with Crippen molar-refractivity contribution in [2.24, 2.45) is 0 Å². The van der Waals surface area contributed by atoms with Crippen LogP contribution < -0.4 is 9.80 Å². The van der Waals surface area contributed by atoms with E-state index in [1.165, 1.54) is 58.1 Å². The van der Waals surface area contributed by atoms with E-state index in [4.69, 9.17) is 0 Å². The summed E-state index contributed by atoms with van der Waals surface area (Å²) in [6.07, 6.45) is 11.0. The van der Waals surface area contributed by atoms with Crippen molar-refractivity contribution in [1.29, 1.82) is 0 Å². The minimum absolute atomic E-state index is 0.158. The lowest BCUT2D eigenvalue weighted by Crippen LogP contribution is -2.53. The topological polar surface area (TPSA) is 68.5 Å². The van der Waals surface area contributed by atoms with Gasteiger partial charge in [-0.2, -0.15) is 0 Å². The summed E-state index contributed by atoms with van der Waals surface area (Å²) >= 11 is 0. The number of anilines is 2. The number of barbiturate groups is 1. The van der Waals surface area contributed by atoms with Crippen LogP contribution in [0.15, 0.2) is 131 Å². The van der Waals surface area contributed by atoms with Crippen molar-refractivity contribution in [2.75, 3.05) is 38.0 Å². The summed E-state index contributed by atoms with van der Waals surface area (Å²) in [6, 6.07) is 25.3. The number of benzene rings is 4. The lowest BCUT2D eigenvalue weighted by molar-refractivity contribution is -0.123. The summed E-state index contributed by atoms with van der Waals surface area (Å²) in [4.78, 5) is 45.3. The van der Waals surface area contributed by atoms with Crippen LogP contribution in [0.1, 0.15) is 58.1 Å². The molecule has 268 valence electrons. The van der Waals surface area contributed by atoms with Gasteiger partial charge in [-0.3, -0.25) is 14.5 Å². The summed E-state index contributed by atoms with van der Waals surface area (Å²) < 4.78 is 0. The molecule has 0 atom stereocenters. The van der Waals surface area contributed by atoms with Crippen molar-refractivity contribution in [2.45, 2.75) is 57.8 Å². The molecular weight excluding hydrogens is 657 g/mol. The monoisotopic (exact) mass is 703 g/mol. The molecule has 0 radical (unpaired) electrons. The van der Waals surface area contributed by atoms with Gasteiger partial charge in [-0.15, -0.1) is 0 Å². The molecule has 4 aromatic rings. The molecule has 0 bridgehead atoms. The largest absolute Gasteiger partial charge is 0.438 e. The molecule has 8 rings (SSSR count). The fourth-order valence-electron chi connectivity index (χ4n) is 9.38. The third-order valence-corrected chi connectivity index (χ3v) is 12.1. The number of hydrogen-bond acceptors (Lipinski definition) is 4. The van der Waals surface area contributed by atoms with E-state index in [0.29, 0.717) is 5.57 Å². The molecule has 4 amide bonds. The van der Waals surface area contributed by atoms with Crippen molar-refractivity contribution in [3.8, 4) is 0 Å². The Kier molecular flexibility index (Phi) is 7.91. The number of urea groups is 1. The third kappa shape index (κ3) is 5.04. The van der Waals surface area contributed by atoms with E-state index >= 15 is 0 Å². The first-order valence-electron chi connectivity index (χ1n) is 18.5. The zero-order valence-corrected chi connectivity index (χ0v) is 31.9. The Balaban J connectivity index is 1.28. The van der Waals surface area contributed by atoms with Gasteiger partial charge in [-0.05, 0) is 87.4 Å². The van der Waals surface area contributed by atoms with Crippen LogP contribution in [-0.4, -0.2) is 60.6 Å². The Morgan fingerprint density at radius 1 is 0.566 bits per heavy atom. The number of likely N-dealkylation sites (N-methyl/N-ethyl adjacent to an activating group) is 4. The maximum atomic E-state index is 14.0. The van der Waals surface area contributed by atoms with E-state index in [-0.39, 0.29) is 22.3 Å². The Bertz CT molecular complexity index is 2290. The maximum absolute atomic E-state index is 14.0. The molecule has 1 saturated heterocycles. The molecule has 3 aliphatic heterocycles. The van der Waals surface area contributed by atoms with Gasteiger partial charge < -0.3 is 9.80 Å². The molecule has 0 spiro atoms. The third-order valence-electron chi connectivity index (χ3n) is 12.1. The molecule has 4 aliphatic rings. The average molecular weight is 704 g/mol. The molecule has 0 aromatic heterocycles. The SMILES string of the molecule is CN1C(=O)C(=C2/C(=C/C=C3\N(C)c4ccc5ccccc5c4C3(C)C)CCC/C2=C\C=C2\N(C)c3ccc4ccccc4c3C2(C)C)C(=[OH+])N(C)C1=O. The fourth-order valence-corrected chi connectivity index (χ4v) is 9.38. The first-order chi connectivity index (χ1) is 25.2. The summed E-state index contributed by atoms with van der Waals surface area (Å²) in [5.74, 6) is -0.824. The molecule has 4 aromatic carbocycles. The van der Waals surface area contributed by atoms with Gasteiger partial charge in [-0.25, -0.2) is 9.69 Å². The minimum Gasteiger partial charge on any atom is -0.347 e. The number of imide groups is 2. The lowest BCUT2D eigenvalue weighted by atomic mass is 9.78. The molecule has 1 aliphatic carbocycles. The molecule has 53 heavy (non-hydrogen) atoms. The number of carbonyl (C=O) groups excluding carboxylic acids is 3. The van der Waals surface area contributed by atoms with Gasteiger partial charge >= 0.3 is 11.9 Å². The normalized spacial score (nSPS) is 24.2. The van der Waals surface area contributed by atoms with Crippen LogP contribution in [0, 0.1) is 0 Å². The van der Waals surface area contributed by atoms with Crippen LogP contribution in [0.3, 0.4) is 0 Å². The van der Waals surface area contributed by atoms with Crippen LogP contribution in [0.2, 0.25) is 0 Å². The quantitative estimate of drug-likeness (QED) is 0.119. The molecule has 2 fully saturated rings. The van der Waals surface area contributed by atoms with Crippen molar-refractivity contribution >= 4 is 50.8 Å². The minimum atomic E-state index is -0.563. The molecule has 1 saturated carbocycles. The van der Waals surface area contributed by atoms with Crippen LogP contribution >= 0.6 is 0 Å². The lowest BCUT2D eigenvalue weighted by Gasteiger charge is -2.30.